The zero-order valence-corrected chi connectivity index (χ0v) is 16.1. The van der Waals surface area contributed by atoms with Gasteiger partial charge in [-0.1, -0.05) is 19.1 Å². The Labute approximate surface area is 153 Å². The number of hydrogen-bond donors (Lipinski definition) is 1. The molecule has 0 unspecified atom stereocenters. The molecule has 0 spiro atoms. The highest BCUT2D eigenvalue weighted by atomic mass is 79.9. The van der Waals surface area contributed by atoms with Gasteiger partial charge < -0.3 is 15.1 Å². The lowest BCUT2D eigenvalue weighted by Crippen LogP contribution is -2.44. The van der Waals surface area contributed by atoms with Crippen LogP contribution in [0.2, 0.25) is 0 Å². The summed E-state index contributed by atoms with van der Waals surface area (Å²) in [6.07, 6.45) is 4.92. The third-order valence-electron chi connectivity index (χ3n) is 5.41. The molecule has 0 saturated carbocycles. The molecule has 2 saturated heterocycles. The van der Waals surface area contributed by atoms with E-state index in [9.17, 15) is 4.79 Å². The normalized spacial score (nSPS) is 21.0. The van der Waals surface area contributed by atoms with Crippen LogP contribution < -0.4 is 5.32 Å². The fourth-order valence-corrected chi connectivity index (χ4v) is 4.07. The van der Waals surface area contributed by atoms with E-state index in [0.29, 0.717) is 0 Å². The summed E-state index contributed by atoms with van der Waals surface area (Å²) in [7, 11) is 0. The Morgan fingerprint density at radius 1 is 1.12 bits per heavy atom. The highest BCUT2D eigenvalue weighted by Crippen LogP contribution is 2.24. The monoisotopic (exact) mass is 393 g/mol. The number of rotatable bonds is 3. The lowest BCUT2D eigenvalue weighted by atomic mass is 9.93. The molecule has 0 aliphatic carbocycles. The van der Waals surface area contributed by atoms with Crippen LogP contribution in [0, 0.1) is 11.8 Å². The maximum Gasteiger partial charge on any atom is 0.321 e. The van der Waals surface area contributed by atoms with Crippen LogP contribution in [0.3, 0.4) is 0 Å². The van der Waals surface area contributed by atoms with E-state index in [1.54, 1.807) is 0 Å². The molecule has 2 amide bonds. The van der Waals surface area contributed by atoms with Crippen LogP contribution in [-0.4, -0.2) is 48.6 Å². The van der Waals surface area contributed by atoms with Crippen molar-refractivity contribution in [3.63, 3.8) is 0 Å². The van der Waals surface area contributed by atoms with Crippen molar-refractivity contribution in [1.82, 2.24) is 9.80 Å². The number of hydrogen-bond acceptors (Lipinski definition) is 2. The molecular formula is C19H28BrN3O. The van der Waals surface area contributed by atoms with Gasteiger partial charge >= 0.3 is 6.03 Å². The minimum absolute atomic E-state index is 0.0205. The molecule has 24 heavy (non-hydrogen) atoms. The number of amides is 2. The Morgan fingerprint density at radius 3 is 2.46 bits per heavy atom. The maximum atomic E-state index is 12.4. The topological polar surface area (TPSA) is 35.6 Å². The van der Waals surface area contributed by atoms with Gasteiger partial charge in [-0.05, 0) is 78.7 Å². The summed E-state index contributed by atoms with van der Waals surface area (Å²) < 4.78 is 0.924. The summed E-state index contributed by atoms with van der Waals surface area (Å²) in [4.78, 5) is 17.0. The molecule has 5 heteroatoms. The highest BCUT2D eigenvalue weighted by molar-refractivity contribution is 9.10. The van der Waals surface area contributed by atoms with Gasteiger partial charge in [0, 0.05) is 24.1 Å². The van der Waals surface area contributed by atoms with E-state index >= 15 is 0 Å². The predicted molar refractivity (Wildman–Crippen MR) is 102 cm³/mol. The van der Waals surface area contributed by atoms with Gasteiger partial charge in [-0.25, -0.2) is 4.79 Å². The van der Waals surface area contributed by atoms with Gasteiger partial charge in [0.15, 0.2) is 0 Å². The first kappa shape index (κ1) is 17.7. The number of benzene rings is 1. The number of nitrogens with zero attached hydrogens (tertiary/aromatic N) is 2. The number of nitrogens with one attached hydrogen (secondary N) is 1. The van der Waals surface area contributed by atoms with Gasteiger partial charge in [0.05, 0.1) is 5.69 Å². The SMILES string of the molecule is CC1CCN(CC2CCN(C(=O)Nc3ccccc3Br)CC2)CC1. The molecule has 2 fully saturated rings. The fourth-order valence-electron chi connectivity index (χ4n) is 3.69. The maximum absolute atomic E-state index is 12.4. The molecule has 3 rings (SSSR count). The van der Waals surface area contributed by atoms with Crippen LogP contribution in [0.25, 0.3) is 0 Å². The first-order valence-electron chi connectivity index (χ1n) is 9.14. The molecule has 1 aromatic rings. The summed E-state index contributed by atoms with van der Waals surface area (Å²) in [5, 5.41) is 3.01. The number of carbonyl (C=O) groups is 1. The van der Waals surface area contributed by atoms with E-state index in [2.05, 4.69) is 33.1 Å². The summed E-state index contributed by atoms with van der Waals surface area (Å²) in [5.41, 5.74) is 0.840. The fraction of sp³-hybridized carbons (Fsp3) is 0.632. The van der Waals surface area contributed by atoms with Crippen molar-refractivity contribution in [2.45, 2.75) is 32.6 Å². The number of anilines is 1. The van der Waals surface area contributed by atoms with Gasteiger partial charge in [-0.15, -0.1) is 0 Å². The molecule has 1 aromatic carbocycles. The Hall–Kier alpha value is -1.07. The van der Waals surface area contributed by atoms with Crippen molar-refractivity contribution in [3.05, 3.63) is 28.7 Å². The smallest absolute Gasteiger partial charge is 0.321 e. The average molecular weight is 394 g/mol. The summed E-state index contributed by atoms with van der Waals surface area (Å²) in [5.74, 6) is 1.63. The van der Waals surface area contributed by atoms with Crippen molar-refractivity contribution in [2.75, 3.05) is 38.0 Å². The van der Waals surface area contributed by atoms with Gasteiger partial charge in [-0.2, -0.15) is 0 Å². The quantitative estimate of drug-likeness (QED) is 0.824. The Morgan fingerprint density at radius 2 is 1.79 bits per heavy atom. The second kappa shape index (κ2) is 8.34. The van der Waals surface area contributed by atoms with E-state index < -0.39 is 0 Å². The predicted octanol–water partition coefficient (Wildman–Crippen LogP) is 4.42. The van der Waals surface area contributed by atoms with Crippen LogP contribution in [0.15, 0.2) is 28.7 Å². The van der Waals surface area contributed by atoms with Gasteiger partial charge in [0.25, 0.3) is 0 Å². The van der Waals surface area contributed by atoms with Crippen LogP contribution in [-0.2, 0) is 0 Å². The van der Waals surface area contributed by atoms with Crippen LogP contribution in [0.4, 0.5) is 10.5 Å². The van der Waals surface area contributed by atoms with Gasteiger partial charge in [0.2, 0.25) is 0 Å². The van der Waals surface area contributed by atoms with E-state index in [0.717, 1.165) is 47.9 Å². The molecule has 0 aromatic heterocycles. The standard InChI is InChI=1S/C19H28BrN3O/c1-15-6-10-22(11-7-15)14-16-8-12-23(13-9-16)19(24)21-18-5-3-2-4-17(18)20/h2-5,15-16H,6-14H2,1H3,(H,21,24). The van der Waals surface area contributed by atoms with E-state index in [-0.39, 0.29) is 6.03 Å². The second-order valence-electron chi connectivity index (χ2n) is 7.32. The average Bonchev–Trinajstić information content (AvgIpc) is 2.59. The first-order chi connectivity index (χ1) is 11.6. The highest BCUT2D eigenvalue weighted by Gasteiger charge is 2.25. The Bertz CT molecular complexity index is 549. The lowest BCUT2D eigenvalue weighted by molar-refractivity contribution is 0.130. The van der Waals surface area contributed by atoms with Crippen LogP contribution in [0.5, 0.6) is 0 Å². The third kappa shape index (κ3) is 4.73. The van der Waals surface area contributed by atoms with Crippen molar-refractivity contribution in [2.24, 2.45) is 11.8 Å². The molecular weight excluding hydrogens is 366 g/mol. The summed E-state index contributed by atoms with van der Waals surface area (Å²) >= 11 is 3.48. The lowest BCUT2D eigenvalue weighted by Gasteiger charge is -2.37. The van der Waals surface area contributed by atoms with Crippen molar-refractivity contribution in [3.8, 4) is 0 Å². The minimum Gasteiger partial charge on any atom is -0.325 e. The van der Waals surface area contributed by atoms with Crippen LogP contribution >= 0.6 is 15.9 Å². The van der Waals surface area contributed by atoms with E-state index in [1.807, 2.05) is 29.2 Å². The van der Waals surface area contributed by atoms with Crippen molar-refractivity contribution in [1.29, 1.82) is 0 Å². The zero-order chi connectivity index (χ0) is 16.9. The number of urea groups is 1. The molecule has 132 valence electrons. The number of piperidine rings is 2. The molecule has 4 nitrogen and oxygen atoms in total. The third-order valence-corrected chi connectivity index (χ3v) is 6.10. The molecule has 0 bridgehead atoms. The van der Waals surface area contributed by atoms with Gasteiger partial charge in [0.1, 0.15) is 0 Å². The summed E-state index contributed by atoms with van der Waals surface area (Å²) in [6, 6.07) is 7.78. The largest absolute Gasteiger partial charge is 0.325 e. The Balaban J connectivity index is 1.43. The van der Waals surface area contributed by atoms with Crippen molar-refractivity contribution < 1.29 is 4.79 Å². The first-order valence-corrected chi connectivity index (χ1v) is 9.94. The number of halogens is 1. The molecule has 2 aliphatic rings. The molecule has 1 N–H and O–H groups in total. The molecule has 2 heterocycles. The number of carbonyl (C=O) groups excluding carboxylic acids is 1. The minimum atomic E-state index is 0.0205. The van der Waals surface area contributed by atoms with Gasteiger partial charge in [-0.3, -0.25) is 0 Å². The Kier molecular flexibility index (Phi) is 6.17. The summed E-state index contributed by atoms with van der Waals surface area (Å²) in [6.45, 7) is 7.82. The molecule has 0 radical (unpaired) electrons. The van der Waals surface area contributed by atoms with E-state index in [1.165, 1.54) is 32.5 Å². The van der Waals surface area contributed by atoms with Crippen molar-refractivity contribution >= 4 is 27.6 Å². The number of para-hydroxylation sites is 1. The van der Waals surface area contributed by atoms with E-state index in [4.69, 9.17) is 0 Å². The number of likely N-dealkylation sites (tertiary alicyclic amines) is 2. The van der Waals surface area contributed by atoms with Crippen LogP contribution in [0.1, 0.15) is 32.6 Å². The molecule has 2 aliphatic heterocycles. The second-order valence-corrected chi connectivity index (χ2v) is 8.18. The molecule has 0 atom stereocenters. The zero-order valence-electron chi connectivity index (χ0n) is 14.5.